The fraction of sp³-hybridized carbons (Fsp3) is 0.167. The van der Waals surface area contributed by atoms with Crippen LogP contribution in [0.1, 0.15) is 5.56 Å². The minimum absolute atomic E-state index is 0.0489. The van der Waals surface area contributed by atoms with E-state index in [0.29, 0.717) is 16.7 Å². The lowest BCUT2D eigenvalue weighted by Crippen LogP contribution is -2.23. The zero-order valence-electron chi connectivity index (χ0n) is 15.2. The predicted octanol–water partition coefficient (Wildman–Crippen LogP) is 1.41. The molecule has 0 atom stereocenters. The Morgan fingerprint density at radius 2 is 1.93 bits per heavy atom. The third kappa shape index (κ3) is 3.35. The number of pyridine rings is 1. The fourth-order valence-corrected chi connectivity index (χ4v) is 3.89. The number of oxazole rings is 1. The van der Waals surface area contributed by atoms with Crippen molar-refractivity contribution in [3.8, 4) is 11.1 Å². The lowest BCUT2D eigenvalue weighted by Gasteiger charge is -2.08. The summed E-state index contributed by atoms with van der Waals surface area (Å²) in [5.74, 6) is -0.546. The van der Waals surface area contributed by atoms with Gasteiger partial charge in [0.2, 0.25) is 10.0 Å². The number of benzene rings is 1. The Morgan fingerprint density at radius 3 is 2.68 bits per heavy atom. The van der Waals surface area contributed by atoms with Gasteiger partial charge < -0.3 is 4.42 Å². The highest BCUT2D eigenvalue weighted by molar-refractivity contribution is 7.89. The zero-order valence-corrected chi connectivity index (χ0v) is 16.0. The van der Waals surface area contributed by atoms with E-state index in [1.54, 1.807) is 23.3 Å². The van der Waals surface area contributed by atoms with E-state index in [2.05, 4.69) is 14.8 Å². The van der Waals surface area contributed by atoms with Crippen molar-refractivity contribution in [2.75, 3.05) is 0 Å². The van der Waals surface area contributed by atoms with Crippen molar-refractivity contribution in [3.05, 3.63) is 65.2 Å². The average molecular weight is 399 g/mol. The maximum absolute atomic E-state index is 12.7. The fourth-order valence-electron chi connectivity index (χ4n) is 2.85. The van der Waals surface area contributed by atoms with Crippen molar-refractivity contribution in [1.29, 1.82) is 0 Å². The number of aryl methyl sites for hydroxylation is 2. The third-order valence-corrected chi connectivity index (χ3v) is 5.77. The van der Waals surface area contributed by atoms with Gasteiger partial charge in [-0.05, 0) is 29.8 Å². The molecule has 28 heavy (non-hydrogen) atoms. The Morgan fingerprint density at radius 1 is 1.11 bits per heavy atom. The number of sulfonamides is 1. The first kappa shape index (κ1) is 18.1. The molecule has 0 spiro atoms. The molecule has 0 amide bonds. The standard InChI is InChI=1S/C18H17N5O4S/c1-22-11-14(10-20-22)13-5-12(7-19-9-13)8-21-28(25,26)15-3-4-17-16(6-15)23(2)18(24)27-17/h3-7,9-11,21H,8H2,1-2H3. The molecule has 0 saturated heterocycles. The van der Waals surface area contributed by atoms with Gasteiger partial charge in [-0.2, -0.15) is 5.10 Å². The van der Waals surface area contributed by atoms with Crippen molar-refractivity contribution in [2.45, 2.75) is 11.4 Å². The molecule has 1 N–H and O–H groups in total. The highest BCUT2D eigenvalue weighted by atomic mass is 32.2. The zero-order chi connectivity index (χ0) is 19.9. The summed E-state index contributed by atoms with van der Waals surface area (Å²) in [4.78, 5) is 15.8. The summed E-state index contributed by atoms with van der Waals surface area (Å²) < 4.78 is 35.9. The Labute approximate surface area is 160 Å². The Bertz CT molecular complexity index is 1330. The van der Waals surface area contributed by atoms with Crippen LogP contribution < -0.4 is 10.5 Å². The predicted molar refractivity (Wildman–Crippen MR) is 102 cm³/mol. The van der Waals surface area contributed by atoms with Crippen LogP contribution in [0, 0.1) is 0 Å². The van der Waals surface area contributed by atoms with Gasteiger partial charge in [-0.3, -0.25) is 14.2 Å². The molecule has 144 valence electrons. The maximum Gasteiger partial charge on any atom is 0.419 e. The van der Waals surface area contributed by atoms with Gasteiger partial charge in [-0.1, -0.05) is 0 Å². The van der Waals surface area contributed by atoms with Crippen LogP contribution in [0.2, 0.25) is 0 Å². The normalized spacial score (nSPS) is 11.9. The molecule has 3 heterocycles. The molecule has 4 rings (SSSR count). The number of hydrogen-bond acceptors (Lipinski definition) is 6. The molecule has 0 radical (unpaired) electrons. The average Bonchev–Trinajstić information content (AvgIpc) is 3.24. The van der Waals surface area contributed by atoms with Crippen molar-refractivity contribution in [1.82, 2.24) is 24.1 Å². The maximum atomic E-state index is 12.7. The first-order valence-electron chi connectivity index (χ1n) is 8.36. The largest absolute Gasteiger partial charge is 0.419 e. The van der Waals surface area contributed by atoms with Gasteiger partial charge in [0.15, 0.2) is 5.58 Å². The molecule has 9 nitrogen and oxygen atoms in total. The number of fused-ring (bicyclic) bond motifs is 1. The highest BCUT2D eigenvalue weighted by Crippen LogP contribution is 2.20. The van der Waals surface area contributed by atoms with E-state index in [1.807, 2.05) is 19.3 Å². The summed E-state index contributed by atoms with van der Waals surface area (Å²) in [5.41, 5.74) is 3.19. The number of rotatable bonds is 5. The molecule has 0 unspecified atom stereocenters. The summed E-state index contributed by atoms with van der Waals surface area (Å²) in [6.07, 6.45) is 6.87. The van der Waals surface area contributed by atoms with Crippen LogP contribution >= 0.6 is 0 Å². The molecule has 10 heteroatoms. The highest BCUT2D eigenvalue weighted by Gasteiger charge is 2.17. The topological polar surface area (TPSA) is 112 Å². The van der Waals surface area contributed by atoms with E-state index in [-0.39, 0.29) is 11.4 Å². The molecular formula is C18H17N5O4S. The van der Waals surface area contributed by atoms with Gasteiger partial charge in [-0.25, -0.2) is 17.9 Å². The van der Waals surface area contributed by atoms with Gasteiger partial charge in [0.1, 0.15) is 0 Å². The minimum Gasteiger partial charge on any atom is -0.408 e. The second-order valence-electron chi connectivity index (χ2n) is 6.37. The van der Waals surface area contributed by atoms with Crippen molar-refractivity contribution < 1.29 is 12.8 Å². The molecule has 4 aromatic rings. The number of nitrogens with one attached hydrogen (secondary N) is 1. The van der Waals surface area contributed by atoms with Crippen LogP contribution in [-0.2, 0) is 30.7 Å². The minimum atomic E-state index is -3.78. The van der Waals surface area contributed by atoms with Crippen molar-refractivity contribution in [2.24, 2.45) is 14.1 Å². The Hall–Kier alpha value is -3.24. The molecule has 0 aliphatic heterocycles. The molecule has 3 aromatic heterocycles. The van der Waals surface area contributed by atoms with Crippen LogP contribution in [0.15, 0.2) is 63.2 Å². The molecule has 0 saturated carbocycles. The molecular weight excluding hydrogens is 382 g/mol. The van der Waals surface area contributed by atoms with Crippen LogP contribution in [-0.4, -0.2) is 27.7 Å². The molecule has 0 bridgehead atoms. The monoisotopic (exact) mass is 399 g/mol. The van der Waals surface area contributed by atoms with Crippen LogP contribution in [0.5, 0.6) is 0 Å². The van der Waals surface area contributed by atoms with E-state index in [1.165, 1.54) is 29.8 Å². The van der Waals surface area contributed by atoms with Crippen molar-refractivity contribution >= 4 is 21.1 Å². The number of nitrogens with zero attached hydrogens (tertiary/aromatic N) is 4. The van der Waals surface area contributed by atoms with Crippen LogP contribution in [0.4, 0.5) is 0 Å². The van der Waals surface area contributed by atoms with Crippen LogP contribution in [0.3, 0.4) is 0 Å². The van der Waals surface area contributed by atoms with E-state index >= 15 is 0 Å². The first-order chi connectivity index (χ1) is 13.3. The Balaban J connectivity index is 1.57. The first-order valence-corrected chi connectivity index (χ1v) is 9.84. The van der Waals surface area contributed by atoms with Gasteiger partial charge in [0.05, 0.1) is 16.6 Å². The quantitative estimate of drug-likeness (QED) is 0.543. The third-order valence-electron chi connectivity index (χ3n) is 4.37. The van der Waals surface area contributed by atoms with Gasteiger partial charge >= 0.3 is 5.76 Å². The molecule has 0 aliphatic rings. The number of hydrogen-bond donors (Lipinski definition) is 1. The van der Waals surface area contributed by atoms with Gasteiger partial charge in [0, 0.05) is 50.4 Å². The van der Waals surface area contributed by atoms with E-state index in [0.717, 1.165) is 11.1 Å². The van der Waals surface area contributed by atoms with Crippen LogP contribution in [0.25, 0.3) is 22.2 Å². The molecule has 0 fully saturated rings. The smallest absolute Gasteiger partial charge is 0.408 e. The van der Waals surface area contributed by atoms with Gasteiger partial charge in [0.25, 0.3) is 0 Å². The lowest BCUT2D eigenvalue weighted by atomic mass is 10.1. The van der Waals surface area contributed by atoms with Gasteiger partial charge in [-0.15, -0.1) is 0 Å². The van der Waals surface area contributed by atoms with E-state index < -0.39 is 15.8 Å². The molecule has 1 aromatic carbocycles. The second-order valence-corrected chi connectivity index (χ2v) is 8.13. The van der Waals surface area contributed by atoms with E-state index in [9.17, 15) is 13.2 Å². The summed E-state index contributed by atoms with van der Waals surface area (Å²) in [5, 5.41) is 4.13. The van der Waals surface area contributed by atoms with Crippen molar-refractivity contribution in [3.63, 3.8) is 0 Å². The summed E-state index contributed by atoms with van der Waals surface area (Å²) >= 11 is 0. The summed E-state index contributed by atoms with van der Waals surface area (Å²) in [6.45, 7) is 0.0752. The lowest BCUT2D eigenvalue weighted by molar-refractivity contribution is 0.528. The SMILES string of the molecule is Cn1cc(-c2cncc(CNS(=O)(=O)c3ccc4oc(=O)n(C)c4c3)c2)cn1. The summed E-state index contributed by atoms with van der Waals surface area (Å²) in [6, 6.07) is 6.14. The van der Waals surface area contributed by atoms with E-state index in [4.69, 9.17) is 4.42 Å². The number of aromatic nitrogens is 4. The second kappa shape index (κ2) is 6.73. The molecule has 0 aliphatic carbocycles. The Kier molecular flexibility index (Phi) is 4.36. The summed E-state index contributed by atoms with van der Waals surface area (Å²) in [7, 11) is -0.440.